The molecule has 7 heteroatoms. The number of nitrogens with zero attached hydrogens (tertiary/aromatic N) is 2. The maximum Gasteiger partial charge on any atom is 0.163 e. The number of hydrogen-bond acceptors (Lipinski definition) is 6. The molecule has 3 rings (SSSR count). The number of methoxy groups -OCH3 is 1. The first-order valence-corrected chi connectivity index (χ1v) is 8.13. The van der Waals surface area contributed by atoms with Gasteiger partial charge in [-0.25, -0.2) is 9.97 Å². The number of phenolic OH excluding ortho intramolecular Hbond substituents is 1. The molecule has 0 amide bonds. The van der Waals surface area contributed by atoms with Gasteiger partial charge in [0.2, 0.25) is 0 Å². The van der Waals surface area contributed by atoms with Gasteiger partial charge < -0.3 is 19.9 Å². The number of aromatic hydroxyl groups is 1. The minimum absolute atomic E-state index is 0.0186. The van der Waals surface area contributed by atoms with E-state index < -0.39 is 0 Å². The fourth-order valence-electron chi connectivity index (χ4n) is 2.39. The average molecular weight is 370 g/mol. The van der Waals surface area contributed by atoms with E-state index in [9.17, 15) is 5.11 Å². The van der Waals surface area contributed by atoms with Crippen LogP contribution in [0, 0.1) is 12.3 Å². The predicted molar refractivity (Wildman–Crippen MR) is 101 cm³/mol. The Morgan fingerprint density at radius 1 is 1.27 bits per heavy atom. The molecule has 0 saturated heterocycles. The molecule has 0 atom stereocenters. The predicted octanol–water partition coefficient (Wildman–Crippen LogP) is 3.74. The Labute approximate surface area is 155 Å². The summed E-state index contributed by atoms with van der Waals surface area (Å²) in [5, 5.41) is 14.4. The van der Waals surface area contributed by atoms with Gasteiger partial charge in [0.25, 0.3) is 0 Å². The van der Waals surface area contributed by atoms with Crippen LogP contribution in [0.5, 0.6) is 11.5 Å². The first kappa shape index (κ1) is 17.8. The zero-order valence-corrected chi connectivity index (χ0v) is 14.7. The molecule has 0 saturated carbocycles. The molecular weight excluding hydrogens is 354 g/mol. The molecule has 2 aromatic carbocycles. The molecule has 6 nitrogen and oxygen atoms in total. The quantitative estimate of drug-likeness (QED) is 0.509. The zero-order chi connectivity index (χ0) is 18.5. The highest BCUT2D eigenvalue weighted by molar-refractivity contribution is 6.34. The van der Waals surface area contributed by atoms with E-state index in [-0.39, 0.29) is 5.75 Å². The Kier molecular flexibility index (Phi) is 5.42. The molecule has 0 unspecified atom stereocenters. The summed E-state index contributed by atoms with van der Waals surface area (Å²) in [7, 11) is 1.58. The van der Waals surface area contributed by atoms with Gasteiger partial charge in [0.05, 0.1) is 22.8 Å². The van der Waals surface area contributed by atoms with Crippen LogP contribution in [0.25, 0.3) is 10.9 Å². The lowest BCUT2D eigenvalue weighted by molar-refractivity contribution is 0.144. The number of nitrogens with one attached hydrogen (secondary N) is 1. The van der Waals surface area contributed by atoms with Gasteiger partial charge >= 0.3 is 0 Å². The van der Waals surface area contributed by atoms with Gasteiger partial charge in [-0.1, -0.05) is 23.6 Å². The van der Waals surface area contributed by atoms with Crippen LogP contribution < -0.4 is 10.1 Å². The molecular formula is C19H16ClN3O3. The van der Waals surface area contributed by atoms with Gasteiger partial charge in [0.1, 0.15) is 18.8 Å². The summed E-state index contributed by atoms with van der Waals surface area (Å²) in [5.41, 5.74) is 1.80. The van der Waals surface area contributed by atoms with Gasteiger partial charge in [-0.2, -0.15) is 0 Å². The van der Waals surface area contributed by atoms with Crippen molar-refractivity contribution in [3.05, 3.63) is 47.2 Å². The molecule has 0 radical (unpaired) electrons. The lowest BCUT2D eigenvalue weighted by Gasteiger charge is -2.13. The number of terminal acetylenes is 1. The summed E-state index contributed by atoms with van der Waals surface area (Å²) in [5.74, 6) is 3.33. The topological polar surface area (TPSA) is 76.5 Å². The first-order valence-electron chi connectivity index (χ1n) is 7.75. The molecule has 3 aromatic rings. The van der Waals surface area contributed by atoms with E-state index in [1.54, 1.807) is 37.4 Å². The summed E-state index contributed by atoms with van der Waals surface area (Å²) < 4.78 is 10.4. The lowest BCUT2D eigenvalue weighted by atomic mass is 10.2. The number of benzene rings is 2. The number of rotatable bonds is 6. The second kappa shape index (κ2) is 7.91. The van der Waals surface area contributed by atoms with Crippen molar-refractivity contribution in [3.8, 4) is 23.8 Å². The van der Waals surface area contributed by atoms with Crippen LogP contribution in [0.3, 0.4) is 0 Å². The third-order valence-electron chi connectivity index (χ3n) is 3.67. The van der Waals surface area contributed by atoms with Gasteiger partial charge in [-0.15, -0.1) is 6.42 Å². The first-order chi connectivity index (χ1) is 12.6. The minimum atomic E-state index is -0.0186. The fraction of sp³-hybridized carbons (Fsp3) is 0.158. The van der Waals surface area contributed by atoms with Gasteiger partial charge in [0.15, 0.2) is 11.5 Å². The minimum Gasteiger partial charge on any atom is -0.504 e. The van der Waals surface area contributed by atoms with Crippen molar-refractivity contribution in [2.45, 2.75) is 0 Å². The zero-order valence-electron chi connectivity index (χ0n) is 14.0. The molecule has 0 bridgehead atoms. The number of phenols is 1. The average Bonchev–Trinajstić information content (AvgIpc) is 2.64. The highest BCUT2D eigenvalue weighted by atomic mass is 35.5. The summed E-state index contributed by atoms with van der Waals surface area (Å²) in [6, 6.07) is 8.53. The molecule has 1 heterocycles. The molecule has 0 aliphatic carbocycles. The van der Waals surface area contributed by atoms with E-state index in [1.807, 2.05) is 0 Å². The van der Waals surface area contributed by atoms with E-state index in [1.165, 1.54) is 6.33 Å². The lowest BCUT2D eigenvalue weighted by Crippen LogP contribution is -2.04. The van der Waals surface area contributed by atoms with Gasteiger partial charge in [-0.3, -0.25) is 0 Å². The van der Waals surface area contributed by atoms with Crippen LogP contribution in [-0.2, 0) is 4.74 Å². The molecule has 2 N–H and O–H groups in total. The van der Waals surface area contributed by atoms with Crippen molar-refractivity contribution in [2.75, 3.05) is 25.6 Å². The maximum atomic E-state index is 10.2. The molecule has 0 aliphatic heterocycles. The second-order valence-electron chi connectivity index (χ2n) is 5.34. The number of hydrogen-bond donors (Lipinski definition) is 2. The van der Waals surface area contributed by atoms with E-state index >= 15 is 0 Å². The number of aromatic nitrogens is 2. The van der Waals surface area contributed by atoms with Crippen LogP contribution in [0.15, 0.2) is 36.7 Å². The number of fused-ring (bicyclic) bond motifs is 1. The molecule has 26 heavy (non-hydrogen) atoms. The largest absolute Gasteiger partial charge is 0.504 e. The Hall–Kier alpha value is -3.01. The molecule has 0 spiro atoms. The Bertz CT molecular complexity index is 986. The van der Waals surface area contributed by atoms with Crippen LogP contribution in [0.4, 0.5) is 11.5 Å². The maximum absolute atomic E-state index is 10.2. The molecule has 1 aromatic heterocycles. The van der Waals surface area contributed by atoms with Crippen molar-refractivity contribution >= 4 is 34.0 Å². The van der Waals surface area contributed by atoms with Crippen molar-refractivity contribution in [1.82, 2.24) is 9.97 Å². The van der Waals surface area contributed by atoms with E-state index in [0.29, 0.717) is 52.0 Å². The normalized spacial score (nSPS) is 10.5. The summed E-state index contributed by atoms with van der Waals surface area (Å²) >= 11 is 6.31. The Balaban J connectivity index is 1.97. The van der Waals surface area contributed by atoms with E-state index in [0.717, 1.165) is 0 Å². The van der Waals surface area contributed by atoms with Crippen molar-refractivity contribution in [3.63, 3.8) is 0 Å². The van der Waals surface area contributed by atoms with E-state index in [2.05, 4.69) is 21.2 Å². The summed E-state index contributed by atoms with van der Waals surface area (Å²) in [4.78, 5) is 8.47. The highest BCUT2D eigenvalue weighted by Gasteiger charge is 2.12. The fourth-order valence-corrected chi connectivity index (χ4v) is 2.62. The second-order valence-corrected chi connectivity index (χ2v) is 5.72. The third kappa shape index (κ3) is 3.64. The SMILES string of the molecule is C#Cc1cccc(Nc2ncnc3cc(OCCOC)c(O)cc23)c1Cl. The molecule has 132 valence electrons. The van der Waals surface area contributed by atoms with Crippen LogP contribution in [0.2, 0.25) is 5.02 Å². The molecule has 0 aliphatic rings. The number of anilines is 2. The van der Waals surface area contributed by atoms with Gasteiger partial charge in [-0.05, 0) is 18.2 Å². The van der Waals surface area contributed by atoms with Gasteiger partial charge in [0, 0.05) is 24.1 Å². The van der Waals surface area contributed by atoms with Crippen molar-refractivity contribution in [1.29, 1.82) is 0 Å². The highest BCUT2D eigenvalue weighted by Crippen LogP contribution is 2.35. The summed E-state index contributed by atoms with van der Waals surface area (Å²) in [6.07, 6.45) is 6.86. The van der Waals surface area contributed by atoms with Crippen LogP contribution in [0.1, 0.15) is 5.56 Å². The Morgan fingerprint density at radius 3 is 2.88 bits per heavy atom. The summed E-state index contributed by atoms with van der Waals surface area (Å²) in [6.45, 7) is 0.734. The van der Waals surface area contributed by atoms with Crippen molar-refractivity contribution in [2.24, 2.45) is 0 Å². The van der Waals surface area contributed by atoms with Crippen molar-refractivity contribution < 1.29 is 14.6 Å². The number of halogens is 1. The monoisotopic (exact) mass is 369 g/mol. The molecule has 0 fully saturated rings. The van der Waals surface area contributed by atoms with Crippen LogP contribution >= 0.6 is 11.6 Å². The standard InChI is InChI=1S/C19H16ClN3O3/c1-3-12-5-4-6-14(18(12)20)23-19-13-9-16(24)17(26-8-7-25-2)10-15(13)21-11-22-19/h1,4-6,9-11,24H,7-8H2,2H3,(H,21,22,23). The van der Waals surface area contributed by atoms with Crippen LogP contribution in [-0.4, -0.2) is 35.4 Å². The third-order valence-corrected chi connectivity index (χ3v) is 4.08. The Morgan fingerprint density at radius 2 is 2.12 bits per heavy atom. The number of ether oxygens (including phenoxy) is 2. The van der Waals surface area contributed by atoms with E-state index in [4.69, 9.17) is 27.5 Å². The smallest absolute Gasteiger partial charge is 0.163 e.